The highest BCUT2D eigenvalue weighted by molar-refractivity contribution is 6.07. The normalized spacial score (nSPS) is 17.2. The number of aromatic nitrogens is 1. The highest BCUT2D eigenvalue weighted by Crippen LogP contribution is 2.39. The van der Waals surface area contributed by atoms with Crippen molar-refractivity contribution in [2.45, 2.75) is 25.4 Å². The molecule has 2 bridgehead atoms. The molecule has 1 saturated heterocycles. The third-order valence-corrected chi connectivity index (χ3v) is 7.94. The Morgan fingerprint density at radius 3 is 2.45 bits per heavy atom. The number of hydrogen-bond donors (Lipinski definition) is 2. The number of carbonyl (C=O) groups is 2. The summed E-state index contributed by atoms with van der Waals surface area (Å²) < 4.78 is 17.9. The summed E-state index contributed by atoms with van der Waals surface area (Å²) in [6.07, 6.45) is 2.55. The van der Waals surface area contributed by atoms with E-state index in [9.17, 15) is 14.4 Å². The minimum Gasteiger partial charge on any atom is -0.497 e. The highest BCUT2D eigenvalue weighted by atomic mass is 16.5. The molecule has 10 nitrogen and oxygen atoms in total. The Morgan fingerprint density at radius 1 is 0.905 bits per heavy atom. The third kappa shape index (κ3) is 5.47. The molecule has 0 saturated carbocycles. The summed E-state index contributed by atoms with van der Waals surface area (Å²) in [7, 11) is 3.05. The lowest BCUT2D eigenvalue weighted by Gasteiger charge is -2.44. The molecule has 4 heterocycles. The standard InChI is InChI=1S/C32H32N4O6/c1-40-25-12-22(13-26(15-25)41-2)32(39)34-27-14-21(31(38)33-16-24-5-4-10-42-24)8-9-29(27)35-17-20-11-23(19-35)28-6-3-7-30(37)36(28)18-20/h3-10,12-15,20,23H,11,16-19H2,1-2H3,(H,33,38)(H,34,39)/t20-,23+/m1/s1. The molecule has 2 amide bonds. The van der Waals surface area contributed by atoms with Gasteiger partial charge in [0.2, 0.25) is 0 Å². The van der Waals surface area contributed by atoms with Crippen LogP contribution in [-0.2, 0) is 13.1 Å². The molecule has 0 spiro atoms. The number of piperidine rings is 1. The minimum atomic E-state index is -0.365. The van der Waals surface area contributed by atoms with E-state index in [1.807, 2.05) is 22.8 Å². The van der Waals surface area contributed by atoms with Crippen molar-refractivity contribution in [1.82, 2.24) is 9.88 Å². The largest absolute Gasteiger partial charge is 0.497 e. The highest BCUT2D eigenvalue weighted by Gasteiger charge is 2.35. The maximum atomic E-state index is 13.6. The van der Waals surface area contributed by atoms with Gasteiger partial charge in [0.15, 0.2) is 0 Å². The van der Waals surface area contributed by atoms with E-state index >= 15 is 0 Å². The molecule has 2 aromatic heterocycles. The van der Waals surface area contributed by atoms with Crippen LogP contribution in [-0.4, -0.2) is 43.7 Å². The van der Waals surface area contributed by atoms with Gasteiger partial charge >= 0.3 is 0 Å². The van der Waals surface area contributed by atoms with Crippen LogP contribution in [0.4, 0.5) is 11.4 Å². The van der Waals surface area contributed by atoms with Crippen LogP contribution in [0.3, 0.4) is 0 Å². The Balaban J connectivity index is 1.32. The predicted octanol–water partition coefficient (Wildman–Crippen LogP) is 4.26. The molecule has 2 aromatic carbocycles. The van der Waals surface area contributed by atoms with Crippen molar-refractivity contribution in [3.63, 3.8) is 0 Å². The van der Waals surface area contributed by atoms with Crippen LogP contribution in [0.15, 0.2) is 82.2 Å². The lowest BCUT2D eigenvalue weighted by atomic mass is 9.83. The Morgan fingerprint density at radius 2 is 1.71 bits per heavy atom. The SMILES string of the molecule is COc1cc(OC)cc(C(=O)Nc2cc(C(=O)NCc3ccco3)ccc2N2C[C@H]3C[C@@H](C2)c2cccc(=O)n2C3)c1. The van der Waals surface area contributed by atoms with Crippen LogP contribution in [0, 0.1) is 5.92 Å². The first-order valence-electron chi connectivity index (χ1n) is 13.9. The number of nitrogens with zero attached hydrogens (tertiary/aromatic N) is 2. The summed E-state index contributed by atoms with van der Waals surface area (Å²) in [5.41, 5.74) is 3.14. The van der Waals surface area contributed by atoms with Crippen LogP contribution >= 0.6 is 0 Å². The van der Waals surface area contributed by atoms with Crippen molar-refractivity contribution in [3.05, 3.63) is 106 Å². The molecule has 0 unspecified atom stereocenters. The summed E-state index contributed by atoms with van der Waals surface area (Å²) >= 11 is 0. The Hall–Kier alpha value is -4.99. The van der Waals surface area contributed by atoms with E-state index in [2.05, 4.69) is 15.5 Å². The van der Waals surface area contributed by atoms with Crippen molar-refractivity contribution in [3.8, 4) is 11.5 Å². The first kappa shape index (κ1) is 27.2. The van der Waals surface area contributed by atoms with Crippen LogP contribution in [0.25, 0.3) is 0 Å². The van der Waals surface area contributed by atoms with Gasteiger partial charge in [-0.15, -0.1) is 0 Å². The molecule has 10 heteroatoms. The number of carbonyl (C=O) groups excluding carboxylic acids is 2. The van der Waals surface area contributed by atoms with E-state index in [0.717, 1.165) is 24.3 Å². The second-order valence-electron chi connectivity index (χ2n) is 10.7. The molecular formula is C32H32N4O6. The number of furan rings is 1. The number of hydrogen-bond acceptors (Lipinski definition) is 7. The second-order valence-corrected chi connectivity index (χ2v) is 10.7. The lowest BCUT2D eigenvalue weighted by molar-refractivity contribution is 0.0946. The first-order valence-corrected chi connectivity index (χ1v) is 13.9. The van der Waals surface area contributed by atoms with Gasteiger partial charge in [-0.1, -0.05) is 6.07 Å². The van der Waals surface area contributed by atoms with Gasteiger partial charge in [-0.3, -0.25) is 14.4 Å². The Labute approximate surface area is 242 Å². The van der Waals surface area contributed by atoms with Gasteiger partial charge in [-0.2, -0.15) is 0 Å². The van der Waals surface area contributed by atoms with Crippen molar-refractivity contribution in [1.29, 1.82) is 0 Å². The van der Waals surface area contributed by atoms with Gasteiger partial charge in [-0.05, 0) is 60.9 Å². The number of pyridine rings is 1. The van der Waals surface area contributed by atoms with E-state index in [1.54, 1.807) is 54.8 Å². The fourth-order valence-electron chi connectivity index (χ4n) is 5.96. The fourth-order valence-corrected chi connectivity index (χ4v) is 5.96. The zero-order valence-electron chi connectivity index (χ0n) is 23.5. The number of amides is 2. The summed E-state index contributed by atoms with van der Waals surface area (Å²) in [5.74, 6) is 1.41. The van der Waals surface area contributed by atoms with E-state index in [-0.39, 0.29) is 35.8 Å². The van der Waals surface area contributed by atoms with Gasteiger partial charge in [0, 0.05) is 54.5 Å². The zero-order valence-corrected chi connectivity index (χ0v) is 23.5. The number of methoxy groups -OCH3 is 2. The van der Waals surface area contributed by atoms with Crippen LogP contribution in [0.1, 0.15) is 44.5 Å². The van der Waals surface area contributed by atoms with Crippen LogP contribution < -0.4 is 30.6 Å². The van der Waals surface area contributed by atoms with Gasteiger partial charge in [-0.25, -0.2) is 0 Å². The molecule has 2 N–H and O–H groups in total. The Bertz CT molecular complexity index is 1660. The van der Waals surface area contributed by atoms with Crippen molar-refractivity contribution in [2.24, 2.45) is 5.92 Å². The molecule has 1 fully saturated rings. The molecule has 2 aliphatic heterocycles. The average molecular weight is 569 g/mol. The van der Waals surface area contributed by atoms with Crippen molar-refractivity contribution < 1.29 is 23.5 Å². The molecule has 0 aliphatic carbocycles. The molecule has 42 heavy (non-hydrogen) atoms. The van der Waals surface area contributed by atoms with E-state index in [1.165, 1.54) is 14.2 Å². The average Bonchev–Trinajstić information content (AvgIpc) is 3.54. The molecule has 6 rings (SSSR count). The van der Waals surface area contributed by atoms with Crippen LogP contribution in [0.2, 0.25) is 0 Å². The van der Waals surface area contributed by atoms with Gasteiger partial charge in [0.25, 0.3) is 17.4 Å². The van der Waals surface area contributed by atoms with E-state index in [4.69, 9.17) is 13.9 Å². The fraction of sp³-hybridized carbons (Fsp3) is 0.281. The Kier molecular flexibility index (Phi) is 7.43. The third-order valence-electron chi connectivity index (χ3n) is 7.94. The lowest BCUT2D eigenvalue weighted by Crippen LogP contribution is -2.47. The topological polar surface area (TPSA) is 115 Å². The first-order chi connectivity index (χ1) is 20.4. The molecule has 216 valence electrons. The summed E-state index contributed by atoms with van der Waals surface area (Å²) in [4.78, 5) is 41.4. The van der Waals surface area contributed by atoms with Crippen molar-refractivity contribution >= 4 is 23.2 Å². The molecule has 4 aromatic rings. The molecule has 0 radical (unpaired) electrons. The monoisotopic (exact) mass is 568 g/mol. The van der Waals surface area contributed by atoms with Gasteiger partial charge in [0.1, 0.15) is 17.3 Å². The number of anilines is 2. The van der Waals surface area contributed by atoms with Gasteiger partial charge in [0.05, 0.1) is 38.4 Å². The van der Waals surface area contributed by atoms with Gasteiger partial charge < -0.3 is 34.0 Å². The maximum Gasteiger partial charge on any atom is 0.255 e. The summed E-state index contributed by atoms with van der Waals surface area (Å²) in [6, 6.07) is 19.3. The number of nitrogens with one attached hydrogen (secondary N) is 2. The molecular weight excluding hydrogens is 536 g/mol. The second kappa shape index (κ2) is 11.5. The van der Waals surface area contributed by atoms with E-state index in [0.29, 0.717) is 47.2 Å². The number of fused-ring (bicyclic) bond motifs is 4. The molecule has 2 aliphatic rings. The smallest absolute Gasteiger partial charge is 0.255 e. The van der Waals surface area contributed by atoms with Crippen molar-refractivity contribution in [2.75, 3.05) is 37.5 Å². The van der Waals surface area contributed by atoms with E-state index < -0.39 is 0 Å². The molecule has 2 atom stereocenters. The predicted molar refractivity (Wildman–Crippen MR) is 158 cm³/mol. The number of benzene rings is 2. The summed E-state index contributed by atoms with van der Waals surface area (Å²) in [6.45, 7) is 2.30. The summed E-state index contributed by atoms with van der Waals surface area (Å²) in [5, 5.41) is 5.91. The number of rotatable bonds is 8. The zero-order chi connectivity index (χ0) is 29.2. The maximum absolute atomic E-state index is 13.6. The minimum absolute atomic E-state index is 0.0298. The number of ether oxygens (including phenoxy) is 2. The quantitative estimate of drug-likeness (QED) is 0.326. The van der Waals surface area contributed by atoms with Crippen LogP contribution in [0.5, 0.6) is 11.5 Å².